The molecule has 1 heterocycles. The number of rotatable bonds is 7. The summed E-state index contributed by atoms with van der Waals surface area (Å²) in [5, 5.41) is 7.33. The Morgan fingerprint density at radius 2 is 2.00 bits per heavy atom. The van der Waals surface area contributed by atoms with E-state index in [1.807, 2.05) is 19.1 Å². The zero-order valence-electron chi connectivity index (χ0n) is 12.9. The maximum Gasteiger partial charge on any atom is 0.251 e. The molecule has 1 aromatic heterocycles. The van der Waals surface area contributed by atoms with Gasteiger partial charge in [0, 0.05) is 34.9 Å². The predicted octanol–water partition coefficient (Wildman–Crippen LogP) is 4.18. The Balaban J connectivity index is 1.92. The van der Waals surface area contributed by atoms with Crippen molar-refractivity contribution in [1.82, 2.24) is 10.3 Å². The second kappa shape index (κ2) is 8.75. The highest BCUT2D eigenvalue weighted by molar-refractivity contribution is 6.35. The third-order valence-electron chi connectivity index (χ3n) is 3.27. The third-order valence-corrected chi connectivity index (χ3v) is 3.86. The van der Waals surface area contributed by atoms with E-state index < -0.39 is 0 Å². The summed E-state index contributed by atoms with van der Waals surface area (Å²) >= 11 is 12.0. The molecule has 0 aliphatic carbocycles. The van der Waals surface area contributed by atoms with Gasteiger partial charge in [0.15, 0.2) is 0 Å². The van der Waals surface area contributed by atoms with Crippen LogP contribution in [0.25, 0.3) is 0 Å². The van der Waals surface area contributed by atoms with Crippen LogP contribution in [0.4, 0.5) is 5.82 Å². The van der Waals surface area contributed by atoms with Crippen LogP contribution in [0.1, 0.15) is 29.3 Å². The second-order valence-electron chi connectivity index (χ2n) is 5.10. The van der Waals surface area contributed by atoms with Crippen molar-refractivity contribution in [3.8, 4) is 0 Å². The number of aromatic nitrogens is 1. The largest absolute Gasteiger partial charge is 0.370 e. The summed E-state index contributed by atoms with van der Waals surface area (Å²) in [6.45, 7) is 3.34. The van der Waals surface area contributed by atoms with Crippen LogP contribution in [0.2, 0.25) is 10.0 Å². The van der Waals surface area contributed by atoms with E-state index in [9.17, 15) is 4.79 Å². The van der Waals surface area contributed by atoms with E-state index in [1.54, 1.807) is 24.4 Å². The van der Waals surface area contributed by atoms with Crippen molar-refractivity contribution < 1.29 is 4.79 Å². The molecule has 0 atom stereocenters. The van der Waals surface area contributed by atoms with E-state index in [2.05, 4.69) is 15.6 Å². The van der Waals surface area contributed by atoms with Crippen molar-refractivity contribution in [2.24, 2.45) is 0 Å². The van der Waals surface area contributed by atoms with Crippen molar-refractivity contribution in [3.63, 3.8) is 0 Å². The van der Waals surface area contributed by atoms with Crippen molar-refractivity contribution in [2.45, 2.75) is 19.8 Å². The summed E-state index contributed by atoms with van der Waals surface area (Å²) in [6, 6.07) is 8.91. The van der Waals surface area contributed by atoms with Crippen LogP contribution in [-0.4, -0.2) is 24.0 Å². The fraction of sp³-hybridized carbons (Fsp3) is 0.294. The van der Waals surface area contributed by atoms with Gasteiger partial charge in [0.1, 0.15) is 5.82 Å². The van der Waals surface area contributed by atoms with E-state index in [0.29, 0.717) is 34.5 Å². The zero-order chi connectivity index (χ0) is 16.7. The van der Waals surface area contributed by atoms with Gasteiger partial charge in [0.25, 0.3) is 5.91 Å². The average Bonchev–Trinajstić information content (AvgIpc) is 2.55. The van der Waals surface area contributed by atoms with Crippen LogP contribution in [-0.2, 0) is 6.42 Å². The predicted molar refractivity (Wildman–Crippen MR) is 95.5 cm³/mol. The molecule has 0 saturated carbocycles. The number of nitrogens with one attached hydrogen (secondary N) is 2. The molecule has 1 amide bonds. The Kier molecular flexibility index (Phi) is 6.68. The number of halogens is 2. The molecule has 1 aromatic carbocycles. The van der Waals surface area contributed by atoms with Gasteiger partial charge < -0.3 is 10.6 Å². The van der Waals surface area contributed by atoms with Crippen molar-refractivity contribution >= 4 is 34.9 Å². The Bertz CT molecular complexity index is 677. The summed E-state index contributed by atoms with van der Waals surface area (Å²) in [7, 11) is 0. The molecule has 2 aromatic rings. The van der Waals surface area contributed by atoms with E-state index in [0.717, 1.165) is 18.4 Å². The summed E-state index contributed by atoms with van der Waals surface area (Å²) in [6.07, 6.45) is 3.27. The Hall–Kier alpha value is -1.78. The van der Waals surface area contributed by atoms with Crippen LogP contribution >= 0.6 is 23.2 Å². The minimum atomic E-state index is -0.0851. The molecule has 0 fully saturated rings. The highest BCUT2D eigenvalue weighted by Crippen LogP contribution is 2.21. The van der Waals surface area contributed by atoms with Gasteiger partial charge in [-0.2, -0.15) is 0 Å². The number of benzene rings is 1. The first-order valence-corrected chi connectivity index (χ1v) is 8.27. The molecule has 0 unspecified atom stereocenters. The normalized spacial score (nSPS) is 10.4. The SMILES string of the molecule is CCCNC(=O)c1ccnc(NCCc2ccc(Cl)cc2Cl)c1. The minimum Gasteiger partial charge on any atom is -0.370 e. The van der Waals surface area contributed by atoms with Gasteiger partial charge in [-0.1, -0.05) is 36.2 Å². The zero-order valence-corrected chi connectivity index (χ0v) is 14.4. The lowest BCUT2D eigenvalue weighted by Crippen LogP contribution is -2.24. The topological polar surface area (TPSA) is 54.0 Å². The molecule has 122 valence electrons. The highest BCUT2D eigenvalue weighted by atomic mass is 35.5. The smallest absolute Gasteiger partial charge is 0.251 e. The van der Waals surface area contributed by atoms with E-state index in [-0.39, 0.29) is 5.91 Å². The summed E-state index contributed by atoms with van der Waals surface area (Å²) in [5.74, 6) is 0.581. The van der Waals surface area contributed by atoms with Crippen LogP contribution in [0, 0.1) is 0 Å². The molecule has 2 rings (SSSR count). The van der Waals surface area contributed by atoms with Gasteiger partial charge in [-0.3, -0.25) is 4.79 Å². The quantitative estimate of drug-likeness (QED) is 0.786. The lowest BCUT2D eigenvalue weighted by molar-refractivity contribution is 0.0953. The first-order valence-electron chi connectivity index (χ1n) is 7.52. The Labute approximate surface area is 146 Å². The standard InChI is InChI=1S/C17H19Cl2N3O/c1-2-7-22-17(23)13-6-9-21-16(10-13)20-8-5-12-3-4-14(18)11-15(12)19/h3-4,6,9-11H,2,5,7-8H2,1H3,(H,20,21)(H,22,23). The molecule has 4 nitrogen and oxygen atoms in total. The van der Waals surface area contributed by atoms with Crippen molar-refractivity contribution in [3.05, 3.63) is 57.7 Å². The van der Waals surface area contributed by atoms with Gasteiger partial charge in [-0.05, 0) is 42.7 Å². The number of pyridine rings is 1. The monoisotopic (exact) mass is 351 g/mol. The fourth-order valence-electron chi connectivity index (χ4n) is 2.06. The summed E-state index contributed by atoms with van der Waals surface area (Å²) in [5.41, 5.74) is 1.61. The Morgan fingerprint density at radius 3 is 2.74 bits per heavy atom. The molecule has 0 aliphatic heterocycles. The molecule has 0 radical (unpaired) electrons. The van der Waals surface area contributed by atoms with Gasteiger partial charge in [-0.25, -0.2) is 4.98 Å². The van der Waals surface area contributed by atoms with Gasteiger partial charge in [-0.15, -0.1) is 0 Å². The van der Waals surface area contributed by atoms with E-state index in [1.165, 1.54) is 0 Å². The number of hydrogen-bond donors (Lipinski definition) is 2. The second-order valence-corrected chi connectivity index (χ2v) is 5.94. The number of hydrogen-bond acceptors (Lipinski definition) is 3. The molecular weight excluding hydrogens is 333 g/mol. The van der Waals surface area contributed by atoms with Crippen molar-refractivity contribution in [1.29, 1.82) is 0 Å². The van der Waals surface area contributed by atoms with Gasteiger partial charge >= 0.3 is 0 Å². The third kappa shape index (κ3) is 5.41. The molecule has 0 aliphatic rings. The first-order chi connectivity index (χ1) is 11.1. The molecule has 6 heteroatoms. The molecular formula is C17H19Cl2N3O. The van der Waals surface area contributed by atoms with E-state index >= 15 is 0 Å². The van der Waals surface area contributed by atoms with Crippen molar-refractivity contribution in [2.75, 3.05) is 18.4 Å². The number of anilines is 1. The molecule has 0 saturated heterocycles. The molecule has 0 spiro atoms. The van der Waals surface area contributed by atoms with Crippen LogP contribution in [0.3, 0.4) is 0 Å². The molecule has 23 heavy (non-hydrogen) atoms. The van der Waals surface area contributed by atoms with Gasteiger partial charge in [0.2, 0.25) is 0 Å². The maximum absolute atomic E-state index is 11.9. The van der Waals surface area contributed by atoms with Crippen LogP contribution < -0.4 is 10.6 Å². The Morgan fingerprint density at radius 1 is 1.17 bits per heavy atom. The molecule has 2 N–H and O–H groups in total. The number of nitrogens with zero attached hydrogens (tertiary/aromatic N) is 1. The summed E-state index contributed by atoms with van der Waals surface area (Å²) < 4.78 is 0. The number of carbonyl (C=O) groups is 1. The maximum atomic E-state index is 11.9. The highest BCUT2D eigenvalue weighted by Gasteiger charge is 2.06. The fourth-order valence-corrected chi connectivity index (χ4v) is 2.56. The van der Waals surface area contributed by atoms with E-state index in [4.69, 9.17) is 23.2 Å². The lowest BCUT2D eigenvalue weighted by atomic mass is 10.1. The summed E-state index contributed by atoms with van der Waals surface area (Å²) in [4.78, 5) is 16.2. The first kappa shape index (κ1) is 17.6. The van der Waals surface area contributed by atoms with Crippen LogP contribution in [0.5, 0.6) is 0 Å². The average molecular weight is 352 g/mol. The lowest BCUT2D eigenvalue weighted by Gasteiger charge is -2.09. The molecule has 0 bridgehead atoms. The number of amides is 1. The number of carbonyl (C=O) groups excluding carboxylic acids is 1. The minimum absolute atomic E-state index is 0.0851. The van der Waals surface area contributed by atoms with Gasteiger partial charge in [0.05, 0.1) is 0 Å². The van der Waals surface area contributed by atoms with Crippen LogP contribution in [0.15, 0.2) is 36.5 Å².